The Morgan fingerprint density at radius 2 is 2.12 bits per heavy atom. The fraction of sp³-hybridized carbons (Fsp3) is 0.579. The Bertz CT molecular complexity index is 793. The van der Waals surface area contributed by atoms with Crippen molar-refractivity contribution in [3.8, 4) is 0 Å². The first-order valence-electron chi connectivity index (χ1n) is 8.88. The van der Waals surface area contributed by atoms with E-state index in [4.69, 9.17) is 13.9 Å². The van der Waals surface area contributed by atoms with Gasteiger partial charge in [-0.15, -0.1) is 0 Å². The Hall–Kier alpha value is -2.08. The van der Waals surface area contributed by atoms with Crippen LogP contribution in [0.5, 0.6) is 0 Å². The van der Waals surface area contributed by atoms with E-state index in [1.807, 2.05) is 13.0 Å². The minimum atomic E-state index is -1.55. The molecule has 1 saturated heterocycles. The van der Waals surface area contributed by atoms with Gasteiger partial charge >= 0.3 is 11.9 Å². The summed E-state index contributed by atoms with van der Waals surface area (Å²) in [5.41, 5.74) is 1.35. The molecule has 2 aliphatic carbocycles. The van der Waals surface area contributed by atoms with Crippen LogP contribution in [0, 0.1) is 17.3 Å². The number of esters is 2. The molecule has 25 heavy (non-hydrogen) atoms. The molecule has 5 atom stereocenters. The monoisotopic (exact) mass is 344 g/mol. The molecule has 0 aromatic carbocycles. The zero-order valence-electron chi connectivity index (χ0n) is 14.0. The van der Waals surface area contributed by atoms with Gasteiger partial charge in [-0.25, -0.2) is 4.79 Å². The van der Waals surface area contributed by atoms with Crippen molar-refractivity contribution in [3.63, 3.8) is 0 Å². The normalized spacial score (nSPS) is 42.6. The van der Waals surface area contributed by atoms with E-state index in [9.17, 15) is 14.7 Å². The summed E-state index contributed by atoms with van der Waals surface area (Å²) >= 11 is 0. The molecular formula is C19H20O6. The van der Waals surface area contributed by atoms with Crippen molar-refractivity contribution < 1.29 is 28.6 Å². The molecule has 132 valence electrons. The van der Waals surface area contributed by atoms with E-state index in [0.29, 0.717) is 24.0 Å². The lowest BCUT2D eigenvalue weighted by Gasteiger charge is -2.49. The van der Waals surface area contributed by atoms with E-state index in [0.717, 1.165) is 18.4 Å². The quantitative estimate of drug-likeness (QED) is 0.788. The maximum atomic E-state index is 13.1. The number of fused-ring (bicyclic) bond motifs is 1. The molecule has 1 aromatic heterocycles. The fourth-order valence-electron chi connectivity index (χ4n) is 5.57. The third-order valence-electron chi connectivity index (χ3n) is 6.67. The standard InChI is InChI=1S/C19H20O6/c1-10-7-19(22)15-12(16(20)25-19)3-2-4-13(15)18(10)8-14(24-17(18)21)11-5-6-23-9-11/h5-6,9-10,13-14,22H,2-4,7-8H2,1H3/t10-,13-,14?,18+,19-/m1/s1. The first kappa shape index (κ1) is 15.2. The molecule has 3 heterocycles. The highest BCUT2D eigenvalue weighted by molar-refractivity contribution is 5.94. The number of cyclic esters (lactones) is 1. The molecule has 2 aliphatic heterocycles. The zero-order valence-corrected chi connectivity index (χ0v) is 14.0. The van der Waals surface area contributed by atoms with Crippen LogP contribution in [0.2, 0.25) is 0 Å². The Kier molecular flexibility index (Phi) is 2.89. The van der Waals surface area contributed by atoms with E-state index in [-0.39, 0.29) is 30.3 Å². The highest BCUT2D eigenvalue weighted by Gasteiger charge is 2.68. The number of carbonyl (C=O) groups excluding carboxylic acids is 2. The van der Waals surface area contributed by atoms with E-state index < -0.39 is 17.2 Å². The molecular weight excluding hydrogens is 324 g/mol. The highest BCUT2D eigenvalue weighted by Crippen LogP contribution is 2.64. The van der Waals surface area contributed by atoms with Gasteiger partial charge in [-0.3, -0.25) is 4.79 Å². The van der Waals surface area contributed by atoms with Gasteiger partial charge in [0.05, 0.1) is 17.9 Å². The first-order chi connectivity index (χ1) is 12.0. The Morgan fingerprint density at radius 1 is 1.28 bits per heavy atom. The van der Waals surface area contributed by atoms with Crippen molar-refractivity contribution >= 4 is 11.9 Å². The zero-order chi connectivity index (χ0) is 17.4. The third kappa shape index (κ3) is 1.78. The van der Waals surface area contributed by atoms with E-state index in [1.54, 1.807) is 12.5 Å². The fourth-order valence-corrected chi connectivity index (χ4v) is 5.57. The number of hydrogen-bond acceptors (Lipinski definition) is 6. The second-order valence-electron chi connectivity index (χ2n) is 7.81. The third-order valence-corrected chi connectivity index (χ3v) is 6.67. The molecule has 2 fully saturated rings. The first-order valence-corrected chi connectivity index (χ1v) is 8.88. The molecule has 0 radical (unpaired) electrons. The predicted molar refractivity (Wildman–Crippen MR) is 83.8 cm³/mol. The van der Waals surface area contributed by atoms with Crippen LogP contribution in [0.25, 0.3) is 0 Å². The van der Waals surface area contributed by atoms with Crippen LogP contribution < -0.4 is 0 Å². The van der Waals surface area contributed by atoms with Crippen molar-refractivity contribution in [1.82, 2.24) is 0 Å². The number of hydrogen-bond donors (Lipinski definition) is 1. The molecule has 1 unspecified atom stereocenters. The second kappa shape index (κ2) is 4.75. The van der Waals surface area contributed by atoms with Crippen molar-refractivity contribution in [3.05, 3.63) is 35.3 Å². The van der Waals surface area contributed by atoms with E-state index >= 15 is 0 Å². The van der Waals surface area contributed by atoms with Crippen LogP contribution in [0.4, 0.5) is 0 Å². The highest BCUT2D eigenvalue weighted by atomic mass is 16.7. The summed E-state index contributed by atoms with van der Waals surface area (Å²) in [6.07, 6.45) is 5.79. The van der Waals surface area contributed by atoms with Gasteiger partial charge in [0, 0.05) is 35.5 Å². The van der Waals surface area contributed by atoms with E-state index in [2.05, 4.69) is 0 Å². The molecule has 1 aromatic rings. The summed E-state index contributed by atoms with van der Waals surface area (Å²) in [5.74, 6) is -2.56. The van der Waals surface area contributed by atoms with Crippen LogP contribution in [0.15, 0.2) is 34.2 Å². The van der Waals surface area contributed by atoms with Crippen LogP contribution in [0.3, 0.4) is 0 Å². The van der Waals surface area contributed by atoms with Gasteiger partial charge in [-0.05, 0) is 31.2 Å². The molecule has 5 rings (SSSR count). The van der Waals surface area contributed by atoms with Gasteiger partial charge in [-0.2, -0.15) is 0 Å². The van der Waals surface area contributed by atoms with Gasteiger partial charge < -0.3 is 19.0 Å². The topological polar surface area (TPSA) is 86.0 Å². The minimum Gasteiger partial charge on any atom is -0.472 e. The molecule has 4 aliphatic rings. The van der Waals surface area contributed by atoms with Crippen molar-refractivity contribution in [1.29, 1.82) is 0 Å². The van der Waals surface area contributed by atoms with Crippen LogP contribution in [0.1, 0.15) is 50.7 Å². The van der Waals surface area contributed by atoms with Crippen molar-refractivity contribution in [2.24, 2.45) is 17.3 Å². The molecule has 1 spiro atoms. The van der Waals surface area contributed by atoms with Crippen LogP contribution >= 0.6 is 0 Å². The summed E-state index contributed by atoms with van der Waals surface area (Å²) in [5, 5.41) is 11.0. The number of rotatable bonds is 1. The molecule has 0 amide bonds. The largest absolute Gasteiger partial charge is 0.472 e. The molecule has 1 N–H and O–H groups in total. The molecule has 6 heteroatoms. The van der Waals surface area contributed by atoms with Gasteiger partial charge in [0.1, 0.15) is 6.10 Å². The molecule has 0 bridgehead atoms. The Morgan fingerprint density at radius 3 is 2.88 bits per heavy atom. The molecule has 6 nitrogen and oxygen atoms in total. The summed E-state index contributed by atoms with van der Waals surface area (Å²) in [4.78, 5) is 25.3. The number of furan rings is 1. The smallest absolute Gasteiger partial charge is 0.336 e. The van der Waals surface area contributed by atoms with Gasteiger partial charge in [0.2, 0.25) is 5.79 Å². The van der Waals surface area contributed by atoms with Crippen LogP contribution in [-0.4, -0.2) is 22.8 Å². The van der Waals surface area contributed by atoms with Gasteiger partial charge in [0.15, 0.2) is 0 Å². The van der Waals surface area contributed by atoms with Gasteiger partial charge in [-0.1, -0.05) is 6.92 Å². The SMILES string of the molecule is C[C@@H]1C[C@@]2(O)OC(=O)C3=C2[C@@H](CCC3)[C@]12CC(c1ccoc1)OC2=O. The summed E-state index contributed by atoms with van der Waals surface area (Å²) in [7, 11) is 0. The Labute approximate surface area is 144 Å². The minimum absolute atomic E-state index is 0.152. The average Bonchev–Trinajstić information content (AvgIpc) is 3.25. The second-order valence-corrected chi connectivity index (χ2v) is 7.81. The lowest BCUT2D eigenvalue weighted by Crippen LogP contribution is -2.54. The van der Waals surface area contributed by atoms with Crippen molar-refractivity contribution in [2.45, 2.75) is 50.9 Å². The number of carbonyl (C=O) groups is 2. The maximum absolute atomic E-state index is 13.1. The maximum Gasteiger partial charge on any atom is 0.336 e. The number of aliphatic hydroxyl groups is 1. The summed E-state index contributed by atoms with van der Waals surface area (Å²) in [6.45, 7) is 1.95. The van der Waals surface area contributed by atoms with E-state index in [1.165, 1.54) is 0 Å². The lowest BCUT2D eigenvalue weighted by atomic mass is 9.53. The van der Waals surface area contributed by atoms with Gasteiger partial charge in [0.25, 0.3) is 0 Å². The lowest BCUT2D eigenvalue weighted by molar-refractivity contribution is -0.205. The van der Waals surface area contributed by atoms with Crippen molar-refractivity contribution in [2.75, 3.05) is 0 Å². The predicted octanol–water partition coefficient (Wildman–Crippen LogP) is 2.64. The van der Waals surface area contributed by atoms with Crippen LogP contribution in [-0.2, 0) is 19.1 Å². The Balaban J connectivity index is 1.62. The summed E-state index contributed by atoms with van der Waals surface area (Å²) < 4.78 is 16.2. The number of ether oxygens (including phenoxy) is 2. The molecule has 1 saturated carbocycles. The average molecular weight is 344 g/mol. The summed E-state index contributed by atoms with van der Waals surface area (Å²) in [6, 6.07) is 1.81.